The minimum Gasteiger partial charge on any atom is -0.381 e. The fourth-order valence-corrected chi connectivity index (χ4v) is 4.28. The van der Waals surface area contributed by atoms with Gasteiger partial charge in [-0.15, -0.1) is 4.43 Å². The molecule has 88 valence electrons. The van der Waals surface area contributed by atoms with Crippen LogP contribution in [0.25, 0.3) is 0 Å². The first kappa shape index (κ1) is 13.8. The van der Waals surface area contributed by atoms with Gasteiger partial charge in [0.15, 0.2) is 0 Å². The zero-order chi connectivity index (χ0) is 11.6. The van der Waals surface area contributed by atoms with Gasteiger partial charge in [0.05, 0.1) is 0 Å². The summed E-state index contributed by atoms with van der Waals surface area (Å²) in [6.45, 7) is 6.63. The highest BCUT2D eigenvalue weighted by atomic mass is 27.2. The second-order valence-corrected chi connectivity index (χ2v) is 7.94. The molecule has 0 bridgehead atoms. The minimum atomic E-state index is -0.550. The van der Waals surface area contributed by atoms with E-state index in [0.717, 1.165) is 13.2 Å². The zero-order valence-electron chi connectivity index (χ0n) is 10.6. The van der Waals surface area contributed by atoms with Gasteiger partial charge in [-0.3, -0.25) is 0 Å². The first-order valence-corrected chi connectivity index (χ1v) is 8.72. The van der Waals surface area contributed by atoms with E-state index in [1.807, 2.05) is 0 Å². The van der Waals surface area contributed by atoms with Crippen molar-refractivity contribution in [1.29, 1.82) is 0 Å². The van der Waals surface area contributed by atoms with Crippen molar-refractivity contribution < 1.29 is 4.74 Å². The molecule has 1 heterocycles. The van der Waals surface area contributed by atoms with Crippen molar-refractivity contribution in [3.05, 3.63) is 30.3 Å². The van der Waals surface area contributed by atoms with E-state index in [2.05, 4.69) is 44.2 Å². The highest BCUT2D eigenvalue weighted by Crippen LogP contribution is 1.99. The Morgan fingerprint density at radius 1 is 1.00 bits per heavy atom. The van der Waals surface area contributed by atoms with E-state index < -0.39 is 14.1 Å². The molecule has 0 spiro atoms. The van der Waals surface area contributed by atoms with Gasteiger partial charge < -0.3 is 4.74 Å². The first-order valence-electron chi connectivity index (χ1n) is 6.51. The van der Waals surface area contributed by atoms with Gasteiger partial charge in [-0.2, -0.15) is 0 Å². The molecule has 1 aliphatic rings. The van der Waals surface area contributed by atoms with Gasteiger partial charge in [-0.1, -0.05) is 54.7 Å². The van der Waals surface area contributed by atoms with Crippen LogP contribution >= 0.6 is 0 Å². The number of benzene rings is 1. The summed E-state index contributed by atoms with van der Waals surface area (Å²) >= 11 is -0.550. The predicted molar refractivity (Wildman–Crippen MR) is 72.8 cm³/mol. The van der Waals surface area contributed by atoms with Crippen LogP contribution in [0.4, 0.5) is 0 Å². The highest BCUT2D eigenvalue weighted by molar-refractivity contribution is 6.73. The average Bonchev–Trinajstić information content (AvgIpc) is 2.91. The number of hydrogen-bond acceptors (Lipinski definition) is 1. The van der Waals surface area contributed by atoms with Crippen molar-refractivity contribution in [2.24, 2.45) is 0 Å². The number of hydrogen-bond donors (Lipinski definition) is 0. The molecule has 0 unspecified atom stereocenters. The molecule has 1 saturated heterocycles. The van der Waals surface area contributed by atoms with Crippen molar-refractivity contribution in [2.45, 2.75) is 37.3 Å². The Bertz CT molecular complexity index is 245. The smallest absolute Gasteiger partial charge is 0.305 e. The summed E-state index contributed by atoms with van der Waals surface area (Å²) in [5.74, 6) is 0. The molecule has 1 aromatic rings. The van der Waals surface area contributed by atoms with Crippen LogP contribution in [0.5, 0.6) is 0 Å². The van der Waals surface area contributed by atoms with E-state index in [4.69, 9.17) is 4.74 Å². The third-order valence-electron chi connectivity index (χ3n) is 3.08. The Hall–Kier alpha value is -0.288. The van der Waals surface area contributed by atoms with E-state index in [1.165, 1.54) is 23.4 Å². The van der Waals surface area contributed by atoms with E-state index in [1.54, 1.807) is 4.43 Å². The Kier molecular flexibility index (Phi) is 7.59. The molecular formula is C14H23AlO. The molecule has 0 saturated carbocycles. The van der Waals surface area contributed by atoms with Crippen molar-refractivity contribution in [2.75, 3.05) is 13.2 Å². The maximum Gasteiger partial charge on any atom is 0.305 e. The molecule has 0 atom stereocenters. The Morgan fingerprint density at radius 3 is 1.94 bits per heavy atom. The van der Waals surface area contributed by atoms with E-state index >= 15 is 0 Å². The van der Waals surface area contributed by atoms with Crippen molar-refractivity contribution >= 4 is 18.6 Å². The number of ether oxygens (including phenoxy) is 1. The second-order valence-electron chi connectivity index (χ2n) is 4.24. The lowest BCUT2D eigenvalue weighted by atomic mass is 10.4. The van der Waals surface area contributed by atoms with Crippen LogP contribution < -0.4 is 4.43 Å². The largest absolute Gasteiger partial charge is 0.381 e. The third kappa shape index (κ3) is 5.17. The zero-order valence-corrected chi connectivity index (χ0v) is 11.8. The molecule has 0 amide bonds. The molecule has 16 heavy (non-hydrogen) atoms. The summed E-state index contributed by atoms with van der Waals surface area (Å²) in [7, 11) is 0. The summed E-state index contributed by atoms with van der Waals surface area (Å²) < 4.78 is 6.57. The average molecular weight is 234 g/mol. The molecule has 1 aliphatic heterocycles. The maximum absolute atomic E-state index is 4.94. The second kappa shape index (κ2) is 8.82. The normalized spacial score (nSPS) is 14.1. The van der Waals surface area contributed by atoms with Crippen molar-refractivity contribution in [3.8, 4) is 0 Å². The lowest BCUT2D eigenvalue weighted by Crippen LogP contribution is -2.27. The monoisotopic (exact) mass is 234 g/mol. The van der Waals surface area contributed by atoms with E-state index in [9.17, 15) is 0 Å². The summed E-state index contributed by atoms with van der Waals surface area (Å²) in [5, 5.41) is 2.78. The molecule has 1 aromatic carbocycles. The molecule has 0 aliphatic carbocycles. The van der Waals surface area contributed by atoms with Crippen LogP contribution in [0.2, 0.25) is 10.6 Å². The summed E-state index contributed by atoms with van der Waals surface area (Å²) in [4.78, 5) is 0. The third-order valence-corrected chi connectivity index (χ3v) is 6.38. The van der Waals surface area contributed by atoms with Crippen LogP contribution in [0.3, 0.4) is 0 Å². The molecule has 1 fully saturated rings. The topological polar surface area (TPSA) is 9.23 Å². The SMILES string of the molecule is C1CCOC1.C[CH2][Al]([CH2]C)[c]1ccccc1. The minimum absolute atomic E-state index is 0.550. The Balaban J connectivity index is 0.000000212. The molecule has 0 aromatic heterocycles. The molecule has 2 rings (SSSR count). The van der Waals surface area contributed by atoms with Crippen molar-refractivity contribution in [1.82, 2.24) is 0 Å². The molecule has 2 heteroatoms. The highest BCUT2D eigenvalue weighted by Gasteiger charge is 2.12. The summed E-state index contributed by atoms with van der Waals surface area (Å²) in [5.41, 5.74) is 0. The fraction of sp³-hybridized carbons (Fsp3) is 0.571. The Labute approximate surface area is 104 Å². The summed E-state index contributed by atoms with van der Waals surface area (Å²) in [6, 6.07) is 11.0. The van der Waals surface area contributed by atoms with Gasteiger partial charge in [0.2, 0.25) is 0 Å². The van der Waals surface area contributed by atoms with E-state index in [-0.39, 0.29) is 0 Å². The number of rotatable bonds is 3. The quantitative estimate of drug-likeness (QED) is 0.730. The lowest BCUT2D eigenvalue weighted by molar-refractivity contribution is 0.198. The molecule has 0 N–H and O–H groups in total. The summed E-state index contributed by atoms with van der Waals surface area (Å²) in [6.07, 6.45) is 2.56. The van der Waals surface area contributed by atoms with Gasteiger partial charge in [-0.25, -0.2) is 0 Å². The van der Waals surface area contributed by atoms with Gasteiger partial charge in [0.25, 0.3) is 0 Å². The fourth-order valence-electron chi connectivity index (χ4n) is 2.00. The standard InChI is InChI=1S/C6H5.C4H8O.2C2H5.Al/c1-2-4-6-5-3-1;1-2-4-5-3-1;2*1-2;/h1-5H;1-4H2;2*1H2,2H3;. The first-order chi connectivity index (χ1) is 7.88. The van der Waals surface area contributed by atoms with E-state index in [0.29, 0.717) is 0 Å². The van der Waals surface area contributed by atoms with Gasteiger partial charge in [0.1, 0.15) is 0 Å². The molecule has 1 nitrogen and oxygen atoms in total. The van der Waals surface area contributed by atoms with Gasteiger partial charge in [-0.05, 0) is 12.8 Å². The van der Waals surface area contributed by atoms with Crippen LogP contribution in [0.1, 0.15) is 26.7 Å². The van der Waals surface area contributed by atoms with Crippen LogP contribution in [0, 0.1) is 0 Å². The van der Waals surface area contributed by atoms with Gasteiger partial charge in [0, 0.05) is 13.2 Å². The molecule has 0 radical (unpaired) electrons. The van der Waals surface area contributed by atoms with Gasteiger partial charge >= 0.3 is 14.1 Å². The van der Waals surface area contributed by atoms with Crippen LogP contribution in [0.15, 0.2) is 30.3 Å². The van der Waals surface area contributed by atoms with Crippen LogP contribution in [-0.2, 0) is 4.74 Å². The predicted octanol–water partition coefficient (Wildman–Crippen LogP) is 3.23. The Morgan fingerprint density at radius 2 is 1.56 bits per heavy atom. The maximum atomic E-state index is 4.94. The van der Waals surface area contributed by atoms with Crippen molar-refractivity contribution in [3.63, 3.8) is 0 Å². The van der Waals surface area contributed by atoms with Crippen LogP contribution in [-0.4, -0.2) is 27.4 Å². The lowest BCUT2D eigenvalue weighted by Gasteiger charge is -2.05. The molecular weight excluding hydrogens is 211 g/mol.